The summed E-state index contributed by atoms with van der Waals surface area (Å²) >= 11 is 5.87. The van der Waals surface area contributed by atoms with Gasteiger partial charge in [0.2, 0.25) is 0 Å². The normalized spacial score (nSPS) is 10.2. The van der Waals surface area contributed by atoms with E-state index in [9.17, 15) is 4.79 Å². The van der Waals surface area contributed by atoms with Gasteiger partial charge in [-0.1, -0.05) is 41.9 Å². The Morgan fingerprint density at radius 3 is 2.50 bits per heavy atom. The number of aromatic nitrogens is 1. The van der Waals surface area contributed by atoms with Crippen molar-refractivity contribution in [3.63, 3.8) is 0 Å². The van der Waals surface area contributed by atoms with E-state index in [-0.39, 0.29) is 5.91 Å². The van der Waals surface area contributed by atoms with Crippen LogP contribution in [0.5, 0.6) is 5.75 Å². The number of amides is 1. The van der Waals surface area contributed by atoms with Gasteiger partial charge < -0.3 is 10.1 Å². The number of halogens is 1. The van der Waals surface area contributed by atoms with Gasteiger partial charge in [-0.25, -0.2) is 4.98 Å². The molecule has 1 N–H and O–H groups in total. The number of hydrogen-bond acceptors (Lipinski definition) is 3. The predicted molar refractivity (Wildman–Crippen MR) is 94.4 cm³/mol. The lowest BCUT2D eigenvalue weighted by Gasteiger charge is -2.08. The van der Waals surface area contributed by atoms with Gasteiger partial charge in [0, 0.05) is 16.8 Å². The molecule has 0 aliphatic rings. The van der Waals surface area contributed by atoms with E-state index in [4.69, 9.17) is 16.3 Å². The Labute approximate surface area is 145 Å². The Balaban J connectivity index is 1.60. The van der Waals surface area contributed by atoms with Gasteiger partial charge in [-0.05, 0) is 42.0 Å². The molecule has 0 fully saturated rings. The van der Waals surface area contributed by atoms with Crippen LogP contribution in [0.2, 0.25) is 5.02 Å². The zero-order valence-electron chi connectivity index (χ0n) is 12.8. The van der Waals surface area contributed by atoms with Crippen LogP contribution in [0.3, 0.4) is 0 Å². The Morgan fingerprint density at radius 2 is 1.79 bits per heavy atom. The summed E-state index contributed by atoms with van der Waals surface area (Å²) in [7, 11) is 0. The van der Waals surface area contributed by atoms with Crippen LogP contribution in [0.1, 0.15) is 15.9 Å². The zero-order chi connectivity index (χ0) is 16.8. The summed E-state index contributed by atoms with van der Waals surface area (Å²) < 4.78 is 5.70. The fraction of sp³-hybridized carbons (Fsp3) is 0.0526. The van der Waals surface area contributed by atoms with E-state index < -0.39 is 0 Å². The first-order valence-electron chi connectivity index (χ1n) is 7.40. The number of anilines is 1. The summed E-state index contributed by atoms with van der Waals surface area (Å²) in [6.45, 7) is 0.485. The van der Waals surface area contributed by atoms with Gasteiger partial charge in [0.25, 0.3) is 5.91 Å². The second kappa shape index (κ2) is 7.62. The van der Waals surface area contributed by atoms with Crippen molar-refractivity contribution in [1.29, 1.82) is 0 Å². The molecular weight excluding hydrogens is 324 g/mol. The van der Waals surface area contributed by atoms with Crippen LogP contribution in [0, 0.1) is 0 Å². The van der Waals surface area contributed by atoms with E-state index in [0.717, 1.165) is 5.56 Å². The van der Waals surface area contributed by atoms with Crippen molar-refractivity contribution in [2.75, 3.05) is 5.32 Å². The number of nitrogens with zero attached hydrogens (tertiary/aromatic N) is 1. The quantitative estimate of drug-likeness (QED) is 0.741. The van der Waals surface area contributed by atoms with Crippen molar-refractivity contribution in [3.05, 3.63) is 89.1 Å². The maximum absolute atomic E-state index is 12.2. The number of hydrogen-bond donors (Lipinski definition) is 1. The number of ether oxygens (including phenoxy) is 1. The molecule has 120 valence electrons. The molecule has 0 saturated carbocycles. The van der Waals surface area contributed by atoms with E-state index in [1.54, 1.807) is 42.6 Å². The van der Waals surface area contributed by atoms with Gasteiger partial charge in [-0.2, -0.15) is 0 Å². The number of pyridine rings is 1. The zero-order valence-corrected chi connectivity index (χ0v) is 13.5. The largest absolute Gasteiger partial charge is 0.489 e. The monoisotopic (exact) mass is 338 g/mol. The molecule has 0 radical (unpaired) electrons. The number of rotatable bonds is 5. The molecule has 0 saturated heterocycles. The van der Waals surface area contributed by atoms with E-state index in [2.05, 4.69) is 10.3 Å². The Bertz CT molecular complexity index is 820. The van der Waals surface area contributed by atoms with Crippen molar-refractivity contribution in [3.8, 4) is 5.75 Å². The second-order valence-electron chi connectivity index (χ2n) is 5.11. The second-order valence-corrected chi connectivity index (χ2v) is 5.55. The minimum atomic E-state index is -0.251. The molecule has 1 heterocycles. The number of benzene rings is 2. The first-order valence-corrected chi connectivity index (χ1v) is 7.78. The summed E-state index contributed by atoms with van der Waals surface area (Å²) in [4.78, 5) is 16.2. The number of carbonyl (C=O) groups excluding carboxylic acids is 1. The van der Waals surface area contributed by atoms with Crippen LogP contribution >= 0.6 is 11.6 Å². The van der Waals surface area contributed by atoms with E-state index in [1.807, 2.05) is 30.3 Å². The van der Waals surface area contributed by atoms with Crippen LogP contribution in [-0.2, 0) is 6.61 Å². The van der Waals surface area contributed by atoms with Crippen molar-refractivity contribution < 1.29 is 9.53 Å². The summed E-state index contributed by atoms with van der Waals surface area (Å²) in [6, 6.07) is 20.1. The lowest BCUT2D eigenvalue weighted by molar-refractivity contribution is 0.102. The maximum Gasteiger partial charge on any atom is 0.256 e. The molecule has 2 aromatic carbocycles. The molecule has 1 aromatic heterocycles. The van der Waals surface area contributed by atoms with Crippen molar-refractivity contribution in [1.82, 2.24) is 4.98 Å². The van der Waals surface area contributed by atoms with Crippen LogP contribution < -0.4 is 10.1 Å². The van der Waals surface area contributed by atoms with Crippen LogP contribution in [0.15, 0.2) is 72.9 Å². The summed E-state index contributed by atoms with van der Waals surface area (Å²) in [5.74, 6) is 0.868. The molecule has 3 aromatic rings. The third kappa shape index (κ3) is 4.33. The maximum atomic E-state index is 12.2. The van der Waals surface area contributed by atoms with Crippen LogP contribution in [-0.4, -0.2) is 10.9 Å². The van der Waals surface area contributed by atoms with Gasteiger partial charge >= 0.3 is 0 Å². The third-order valence-corrected chi connectivity index (χ3v) is 3.56. The lowest BCUT2D eigenvalue weighted by Crippen LogP contribution is -2.12. The molecule has 0 spiro atoms. The average molecular weight is 339 g/mol. The summed E-state index contributed by atoms with van der Waals surface area (Å²) in [6.07, 6.45) is 1.54. The van der Waals surface area contributed by atoms with Gasteiger partial charge in [0.15, 0.2) is 0 Å². The van der Waals surface area contributed by atoms with Crippen molar-refractivity contribution in [2.24, 2.45) is 0 Å². The van der Waals surface area contributed by atoms with Crippen LogP contribution in [0.4, 0.5) is 5.82 Å². The molecule has 0 unspecified atom stereocenters. The number of carbonyl (C=O) groups is 1. The topological polar surface area (TPSA) is 51.2 Å². The highest BCUT2D eigenvalue weighted by Crippen LogP contribution is 2.16. The molecular formula is C19H15ClN2O2. The molecule has 1 amide bonds. The Morgan fingerprint density at radius 1 is 1.04 bits per heavy atom. The van der Waals surface area contributed by atoms with Gasteiger partial charge in [-0.15, -0.1) is 0 Å². The summed E-state index contributed by atoms with van der Waals surface area (Å²) in [5.41, 5.74) is 1.61. The van der Waals surface area contributed by atoms with Crippen LogP contribution in [0.25, 0.3) is 0 Å². The third-order valence-electron chi connectivity index (χ3n) is 3.33. The average Bonchev–Trinajstić information content (AvgIpc) is 2.61. The van der Waals surface area contributed by atoms with Gasteiger partial charge in [0.1, 0.15) is 18.2 Å². The van der Waals surface area contributed by atoms with Gasteiger partial charge in [0.05, 0.1) is 0 Å². The van der Waals surface area contributed by atoms with E-state index in [0.29, 0.717) is 28.8 Å². The minimum absolute atomic E-state index is 0.251. The first kappa shape index (κ1) is 16.0. The molecule has 4 nitrogen and oxygen atoms in total. The molecule has 0 bridgehead atoms. The standard InChI is InChI=1S/C19H15ClN2O2/c20-16-10-11-21-18(12-16)22-19(23)15-6-8-17(9-7-15)24-13-14-4-2-1-3-5-14/h1-12H,13H2,(H,21,22,23). The predicted octanol–water partition coefficient (Wildman–Crippen LogP) is 4.57. The first-order chi connectivity index (χ1) is 11.7. The molecule has 0 aliphatic heterocycles. The van der Waals surface area contributed by atoms with E-state index in [1.165, 1.54) is 0 Å². The Kier molecular flexibility index (Phi) is 5.08. The molecule has 0 aliphatic carbocycles. The highest BCUT2D eigenvalue weighted by atomic mass is 35.5. The smallest absolute Gasteiger partial charge is 0.256 e. The van der Waals surface area contributed by atoms with Crippen molar-refractivity contribution >= 4 is 23.3 Å². The SMILES string of the molecule is O=C(Nc1cc(Cl)ccn1)c1ccc(OCc2ccccc2)cc1. The van der Waals surface area contributed by atoms with Crippen molar-refractivity contribution in [2.45, 2.75) is 6.61 Å². The number of nitrogens with one attached hydrogen (secondary N) is 1. The molecule has 0 atom stereocenters. The molecule has 5 heteroatoms. The highest BCUT2D eigenvalue weighted by molar-refractivity contribution is 6.30. The molecule has 24 heavy (non-hydrogen) atoms. The lowest BCUT2D eigenvalue weighted by atomic mass is 10.2. The summed E-state index contributed by atoms with van der Waals surface area (Å²) in [5, 5.41) is 3.22. The Hall–Kier alpha value is -2.85. The fourth-order valence-electron chi connectivity index (χ4n) is 2.11. The van der Waals surface area contributed by atoms with E-state index >= 15 is 0 Å². The molecule has 3 rings (SSSR count). The van der Waals surface area contributed by atoms with Gasteiger partial charge in [-0.3, -0.25) is 4.79 Å². The fourth-order valence-corrected chi connectivity index (χ4v) is 2.26. The highest BCUT2D eigenvalue weighted by Gasteiger charge is 2.07. The minimum Gasteiger partial charge on any atom is -0.489 e.